The molecular weight excluding hydrogens is 488 g/mol. The van der Waals surface area contributed by atoms with Crippen molar-refractivity contribution in [3.8, 4) is 0 Å². The van der Waals surface area contributed by atoms with Gasteiger partial charge in [-0.25, -0.2) is 9.59 Å². The monoisotopic (exact) mass is 512 g/mol. The molecule has 11 heteroatoms. The zero-order valence-electron chi connectivity index (χ0n) is 19.2. The zero-order chi connectivity index (χ0) is 25.4. The van der Waals surface area contributed by atoms with Crippen LogP contribution >= 0.6 is 11.6 Å². The van der Waals surface area contributed by atoms with Crippen LogP contribution in [0.25, 0.3) is 0 Å². The summed E-state index contributed by atoms with van der Waals surface area (Å²) < 4.78 is 5.83. The number of nitrogens with zero attached hydrogens (tertiary/aromatic N) is 1. The number of rotatable bonds is 7. The maximum Gasteiger partial charge on any atom is 0.412 e. The Morgan fingerprint density at radius 1 is 1.22 bits per heavy atom. The second kappa shape index (κ2) is 9.44. The first kappa shape index (κ1) is 24.1. The highest BCUT2D eigenvalue weighted by Gasteiger charge is 2.52. The molecule has 10 nitrogen and oxygen atoms in total. The quantitative estimate of drug-likeness (QED) is 0.415. The molecule has 3 amide bonds. The number of benzene rings is 2. The highest BCUT2D eigenvalue weighted by Crippen LogP contribution is 2.47. The van der Waals surface area contributed by atoms with Gasteiger partial charge in [-0.1, -0.05) is 11.6 Å². The number of fused-ring (bicyclic) bond motifs is 2. The fourth-order valence-electron chi connectivity index (χ4n) is 5.26. The lowest BCUT2D eigenvalue weighted by molar-refractivity contribution is -0.111. The predicted molar refractivity (Wildman–Crippen MR) is 131 cm³/mol. The summed E-state index contributed by atoms with van der Waals surface area (Å²) in [4.78, 5) is 50.4. The summed E-state index contributed by atoms with van der Waals surface area (Å²) in [6, 6.07) is 10.2. The molecule has 2 fully saturated rings. The molecule has 3 atom stereocenters. The minimum Gasteiger partial charge on any atom is -0.465 e. The summed E-state index contributed by atoms with van der Waals surface area (Å²) in [5.41, 5.74) is 1.21. The van der Waals surface area contributed by atoms with Crippen LogP contribution in [0.4, 0.5) is 21.0 Å². The number of carbonyl (C=O) groups excluding carboxylic acids is 3. The number of carboxylic acid groups (broad SMARTS) is 1. The Bertz CT molecular complexity index is 1220. The molecule has 5 rings (SSSR count). The number of anilines is 2. The molecule has 188 valence electrons. The van der Waals surface area contributed by atoms with Crippen molar-refractivity contribution in [3.63, 3.8) is 0 Å². The standard InChI is InChI=1S/C25H25ClN4O6/c26-16-5-8-19-18(11-16)25(36-24(35)29-19)9-10-30(13-25)21(14-1-2-14)20(12-31)28-22(32)15-3-6-17(7-4-15)27-23(33)34/h3-8,11-12,14,20-21,27H,1-2,9-10,13H2,(H,28,32)(H,29,35)(H,33,34)/t20-,21?,25?/m1/s1. The fourth-order valence-corrected chi connectivity index (χ4v) is 5.43. The van der Waals surface area contributed by atoms with Gasteiger partial charge in [0.05, 0.1) is 5.69 Å². The summed E-state index contributed by atoms with van der Waals surface area (Å²) in [5, 5.41) is 17.1. The molecular formula is C25H25ClN4O6. The van der Waals surface area contributed by atoms with Crippen molar-refractivity contribution in [3.05, 3.63) is 58.6 Å². The molecule has 0 bridgehead atoms. The van der Waals surface area contributed by atoms with Gasteiger partial charge in [0.2, 0.25) is 0 Å². The van der Waals surface area contributed by atoms with E-state index in [9.17, 15) is 19.2 Å². The molecule has 1 aliphatic carbocycles. The summed E-state index contributed by atoms with van der Waals surface area (Å²) >= 11 is 6.25. The Balaban J connectivity index is 1.34. The SMILES string of the molecule is O=C[C@@H](NC(=O)c1ccc(NC(=O)O)cc1)C(C1CC1)N1CCC2(C1)OC(=O)Nc1ccc(Cl)cc12. The fraction of sp³-hybridized carbons (Fsp3) is 0.360. The predicted octanol–water partition coefficient (Wildman–Crippen LogP) is 3.67. The Morgan fingerprint density at radius 2 is 1.97 bits per heavy atom. The topological polar surface area (TPSA) is 137 Å². The molecule has 4 N–H and O–H groups in total. The first-order valence-corrected chi connectivity index (χ1v) is 12.1. The van der Waals surface area contributed by atoms with Crippen LogP contribution < -0.4 is 16.0 Å². The smallest absolute Gasteiger partial charge is 0.412 e. The highest BCUT2D eigenvalue weighted by molar-refractivity contribution is 6.30. The van der Waals surface area contributed by atoms with Crippen molar-refractivity contribution >= 4 is 47.4 Å². The second-order valence-electron chi connectivity index (χ2n) is 9.39. The number of amides is 3. The van der Waals surface area contributed by atoms with E-state index in [1.165, 1.54) is 24.3 Å². The lowest BCUT2D eigenvalue weighted by Crippen LogP contribution is -2.54. The molecule has 2 aromatic rings. The lowest BCUT2D eigenvalue weighted by atomic mass is 9.90. The van der Waals surface area contributed by atoms with Gasteiger partial charge < -0.3 is 20.0 Å². The molecule has 0 radical (unpaired) electrons. The molecule has 0 aromatic heterocycles. The third-order valence-corrected chi connectivity index (χ3v) is 7.23. The number of halogens is 1. The van der Waals surface area contributed by atoms with Crippen molar-refractivity contribution in [1.29, 1.82) is 0 Å². The van der Waals surface area contributed by atoms with Crippen molar-refractivity contribution in [2.75, 3.05) is 23.7 Å². The Labute approximate surface area is 211 Å². The van der Waals surface area contributed by atoms with Gasteiger partial charge in [-0.05, 0) is 61.2 Å². The summed E-state index contributed by atoms with van der Waals surface area (Å²) in [5.74, 6) is -0.201. The van der Waals surface area contributed by atoms with Crippen LogP contribution in [-0.4, -0.2) is 59.6 Å². The minimum absolute atomic E-state index is 0.231. The normalized spacial score (nSPS) is 22.6. The molecule has 3 aliphatic rings. The van der Waals surface area contributed by atoms with Crippen LogP contribution in [0.3, 0.4) is 0 Å². The molecule has 1 spiro atoms. The number of nitrogens with one attached hydrogen (secondary N) is 3. The van der Waals surface area contributed by atoms with Crippen molar-refractivity contribution in [1.82, 2.24) is 10.2 Å². The number of aldehydes is 1. The molecule has 36 heavy (non-hydrogen) atoms. The van der Waals surface area contributed by atoms with Gasteiger partial charge in [-0.2, -0.15) is 0 Å². The van der Waals surface area contributed by atoms with Crippen LogP contribution in [0.2, 0.25) is 5.02 Å². The van der Waals surface area contributed by atoms with Gasteiger partial charge in [-0.3, -0.25) is 20.3 Å². The van der Waals surface area contributed by atoms with E-state index in [1.54, 1.807) is 18.2 Å². The van der Waals surface area contributed by atoms with E-state index in [-0.39, 0.29) is 12.0 Å². The van der Waals surface area contributed by atoms with Gasteiger partial charge >= 0.3 is 12.2 Å². The molecule has 2 aliphatic heterocycles. The van der Waals surface area contributed by atoms with Crippen LogP contribution in [-0.2, 0) is 15.1 Å². The van der Waals surface area contributed by atoms with Gasteiger partial charge in [-0.15, -0.1) is 0 Å². The van der Waals surface area contributed by atoms with Crippen LogP contribution in [0.1, 0.15) is 35.2 Å². The summed E-state index contributed by atoms with van der Waals surface area (Å²) in [6.45, 7) is 0.959. The molecule has 1 saturated heterocycles. The Kier molecular flexibility index (Phi) is 6.31. The number of likely N-dealkylation sites (tertiary alicyclic amines) is 1. The van der Waals surface area contributed by atoms with Gasteiger partial charge in [0.25, 0.3) is 5.91 Å². The van der Waals surface area contributed by atoms with E-state index >= 15 is 0 Å². The first-order chi connectivity index (χ1) is 17.3. The van der Waals surface area contributed by atoms with E-state index in [1.807, 2.05) is 0 Å². The van der Waals surface area contributed by atoms with E-state index in [0.717, 1.165) is 24.7 Å². The van der Waals surface area contributed by atoms with E-state index in [4.69, 9.17) is 21.4 Å². The van der Waals surface area contributed by atoms with Crippen molar-refractivity contribution in [2.24, 2.45) is 5.92 Å². The zero-order valence-corrected chi connectivity index (χ0v) is 20.0. The van der Waals surface area contributed by atoms with Crippen molar-refractivity contribution < 1.29 is 29.0 Å². The third-order valence-electron chi connectivity index (χ3n) is 7.00. The maximum atomic E-state index is 12.9. The molecule has 2 heterocycles. The highest BCUT2D eigenvalue weighted by atomic mass is 35.5. The Hall–Kier alpha value is -3.63. The average molecular weight is 513 g/mol. The molecule has 2 unspecified atom stereocenters. The number of hydrogen-bond acceptors (Lipinski definition) is 6. The van der Waals surface area contributed by atoms with E-state index in [2.05, 4.69) is 20.9 Å². The maximum absolute atomic E-state index is 12.9. The number of ether oxygens (including phenoxy) is 1. The largest absolute Gasteiger partial charge is 0.465 e. The Morgan fingerprint density at radius 3 is 2.64 bits per heavy atom. The van der Waals surface area contributed by atoms with E-state index < -0.39 is 29.7 Å². The number of hydrogen-bond donors (Lipinski definition) is 4. The summed E-state index contributed by atoms with van der Waals surface area (Å²) in [6.07, 6.45) is 1.44. The van der Waals surface area contributed by atoms with Gasteiger partial charge in [0.15, 0.2) is 5.60 Å². The van der Waals surface area contributed by atoms with Crippen molar-refractivity contribution in [2.45, 2.75) is 36.9 Å². The minimum atomic E-state index is -1.20. The summed E-state index contributed by atoms with van der Waals surface area (Å²) in [7, 11) is 0. The van der Waals surface area contributed by atoms with Gasteiger partial charge in [0.1, 0.15) is 12.3 Å². The number of carbonyl (C=O) groups is 4. The van der Waals surface area contributed by atoms with Crippen LogP contribution in [0, 0.1) is 5.92 Å². The average Bonchev–Trinajstić information content (AvgIpc) is 3.59. The molecule has 2 aromatic carbocycles. The molecule has 1 saturated carbocycles. The third kappa shape index (κ3) is 4.74. The van der Waals surface area contributed by atoms with Gasteiger partial charge in [0, 0.05) is 47.4 Å². The second-order valence-corrected chi connectivity index (χ2v) is 9.83. The first-order valence-electron chi connectivity index (χ1n) is 11.7. The lowest BCUT2D eigenvalue weighted by Gasteiger charge is -2.38. The van der Waals surface area contributed by atoms with Crippen LogP contribution in [0.5, 0.6) is 0 Å². The van der Waals surface area contributed by atoms with Crippen LogP contribution in [0.15, 0.2) is 42.5 Å². The van der Waals surface area contributed by atoms with E-state index in [0.29, 0.717) is 41.5 Å².